The number of rotatable bonds is 5. The summed E-state index contributed by atoms with van der Waals surface area (Å²) in [5, 5.41) is 8.98. The van der Waals surface area contributed by atoms with Gasteiger partial charge in [-0.2, -0.15) is 0 Å². The van der Waals surface area contributed by atoms with Crippen molar-refractivity contribution in [2.75, 3.05) is 24.6 Å². The van der Waals surface area contributed by atoms with Crippen molar-refractivity contribution in [3.8, 4) is 11.4 Å². The molecule has 4 nitrogen and oxygen atoms in total. The maximum Gasteiger partial charge on any atom is 0.159 e. The molecule has 0 radical (unpaired) electrons. The minimum absolute atomic E-state index is 0.133. The number of hydrogen-bond donors (Lipinski definition) is 1. The van der Waals surface area contributed by atoms with Gasteiger partial charge in [-0.3, -0.25) is 0 Å². The molecule has 0 saturated heterocycles. The van der Waals surface area contributed by atoms with Gasteiger partial charge in [0.05, 0.1) is 24.7 Å². The molecule has 0 saturated carbocycles. The second kappa shape index (κ2) is 6.12. The average molecular weight is 243 g/mol. The molecule has 1 N–H and O–H groups in total. The highest BCUT2D eigenvalue weighted by Crippen LogP contribution is 2.16. The summed E-state index contributed by atoms with van der Waals surface area (Å²) in [4.78, 5) is 10.8. The van der Waals surface area contributed by atoms with Gasteiger partial charge in [0.2, 0.25) is 0 Å². The highest BCUT2D eigenvalue weighted by atomic mass is 16.3. The predicted octanol–water partition coefficient (Wildman–Crippen LogP) is 1.96. The number of aliphatic hydroxyl groups is 1. The summed E-state index contributed by atoms with van der Waals surface area (Å²) in [5.41, 5.74) is 1.94. The van der Waals surface area contributed by atoms with E-state index in [-0.39, 0.29) is 6.61 Å². The molecule has 0 amide bonds. The van der Waals surface area contributed by atoms with Crippen LogP contribution >= 0.6 is 0 Å². The van der Waals surface area contributed by atoms with E-state index >= 15 is 0 Å². The maximum absolute atomic E-state index is 8.98. The standard InChI is InChI=1S/C14H17N3O/c1-2-17(8-9-18)13-10-15-14(16-11-13)12-6-4-3-5-7-12/h3-7,10-11,18H,2,8-9H2,1H3. The first kappa shape index (κ1) is 12.5. The van der Waals surface area contributed by atoms with Crippen LogP contribution < -0.4 is 4.90 Å². The third-order valence-electron chi connectivity index (χ3n) is 2.79. The number of nitrogens with zero attached hydrogens (tertiary/aromatic N) is 3. The van der Waals surface area contributed by atoms with E-state index in [2.05, 4.69) is 9.97 Å². The first-order valence-electron chi connectivity index (χ1n) is 6.08. The molecule has 2 rings (SSSR count). The molecule has 0 bridgehead atoms. The fourth-order valence-corrected chi connectivity index (χ4v) is 1.81. The van der Waals surface area contributed by atoms with Gasteiger partial charge in [-0.1, -0.05) is 30.3 Å². The summed E-state index contributed by atoms with van der Waals surface area (Å²) in [6.45, 7) is 3.61. The van der Waals surface area contributed by atoms with E-state index in [4.69, 9.17) is 5.11 Å². The first-order valence-corrected chi connectivity index (χ1v) is 6.08. The smallest absolute Gasteiger partial charge is 0.159 e. The molecule has 0 aliphatic carbocycles. The van der Waals surface area contributed by atoms with Gasteiger partial charge in [-0.25, -0.2) is 9.97 Å². The molecule has 0 unspecified atom stereocenters. The van der Waals surface area contributed by atoms with Gasteiger partial charge >= 0.3 is 0 Å². The Labute approximate surface area is 107 Å². The zero-order valence-corrected chi connectivity index (χ0v) is 10.5. The van der Waals surface area contributed by atoms with Crippen LogP contribution in [-0.4, -0.2) is 34.8 Å². The van der Waals surface area contributed by atoms with E-state index in [9.17, 15) is 0 Å². The molecule has 1 heterocycles. The van der Waals surface area contributed by atoms with Gasteiger partial charge in [-0.05, 0) is 6.92 Å². The molecule has 0 fully saturated rings. The highest BCUT2D eigenvalue weighted by Gasteiger charge is 2.05. The minimum atomic E-state index is 0.133. The number of anilines is 1. The summed E-state index contributed by atoms with van der Waals surface area (Å²) < 4.78 is 0. The maximum atomic E-state index is 8.98. The van der Waals surface area contributed by atoms with Crippen LogP contribution in [0.2, 0.25) is 0 Å². The van der Waals surface area contributed by atoms with E-state index in [0.717, 1.165) is 23.6 Å². The Morgan fingerprint density at radius 2 is 1.78 bits per heavy atom. The zero-order valence-electron chi connectivity index (χ0n) is 10.5. The second-order valence-corrected chi connectivity index (χ2v) is 3.93. The molecule has 0 atom stereocenters. The van der Waals surface area contributed by atoms with Gasteiger partial charge in [0.15, 0.2) is 5.82 Å². The van der Waals surface area contributed by atoms with Crippen LogP contribution in [0.3, 0.4) is 0 Å². The second-order valence-electron chi connectivity index (χ2n) is 3.93. The van der Waals surface area contributed by atoms with Crippen molar-refractivity contribution in [2.45, 2.75) is 6.92 Å². The number of aliphatic hydroxyl groups excluding tert-OH is 1. The van der Waals surface area contributed by atoms with Crippen molar-refractivity contribution in [1.29, 1.82) is 0 Å². The molecule has 18 heavy (non-hydrogen) atoms. The van der Waals surface area contributed by atoms with Crippen molar-refractivity contribution in [1.82, 2.24) is 9.97 Å². The minimum Gasteiger partial charge on any atom is -0.395 e. The monoisotopic (exact) mass is 243 g/mol. The van der Waals surface area contributed by atoms with Crippen molar-refractivity contribution >= 4 is 5.69 Å². The van der Waals surface area contributed by atoms with Crippen LogP contribution in [0.5, 0.6) is 0 Å². The summed E-state index contributed by atoms with van der Waals surface area (Å²) in [5.74, 6) is 0.722. The lowest BCUT2D eigenvalue weighted by atomic mass is 10.2. The summed E-state index contributed by atoms with van der Waals surface area (Å²) in [6.07, 6.45) is 3.60. The average Bonchev–Trinajstić information content (AvgIpc) is 2.46. The number of benzene rings is 1. The Balaban J connectivity index is 2.19. The Morgan fingerprint density at radius 1 is 1.11 bits per heavy atom. The lowest BCUT2D eigenvalue weighted by Crippen LogP contribution is -2.26. The van der Waals surface area contributed by atoms with Crippen LogP contribution in [0.25, 0.3) is 11.4 Å². The summed E-state index contributed by atoms with van der Waals surface area (Å²) >= 11 is 0. The highest BCUT2D eigenvalue weighted by molar-refractivity contribution is 5.56. The molecule has 4 heteroatoms. The number of likely N-dealkylation sites (N-methyl/N-ethyl adjacent to an activating group) is 1. The molecule has 2 aromatic rings. The van der Waals surface area contributed by atoms with Crippen LogP contribution in [0.15, 0.2) is 42.7 Å². The Morgan fingerprint density at radius 3 is 2.33 bits per heavy atom. The quantitative estimate of drug-likeness (QED) is 0.872. The zero-order chi connectivity index (χ0) is 12.8. The molecule has 94 valence electrons. The van der Waals surface area contributed by atoms with Gasteiger partial charge in [0, 0.05) is 18.7 Å². The fraction of sp³-hybridized carbons (Fsp3) is 0.286. The van der Waals surface area contributed by atoms with E-state index in [1.165, 1.54) is 0 Å². The molecular formula is C14H17N3O. The van der Waals surface area contributed by atoms with Crippen molar-refractivity contribution in [2.24, 2.45) is 0 Å². The number of aromatic nitrogens is 2. The van der Waals surface area contributed by atoms with Gasteiger partial charge in [0.1, 0.15) is 0 Å². The summed E-state index contributed by atoms with van der Waals surface area (Å²) in [7, 11) is 0. The lowest BCUT2D eigenvalue weighted by molar-refractivity contribution is 0.302. The van der Waals surface area contributed by atoms with Crippen LogP contribution in [0.4, 0.5) is 5.69 Å². The van der Waals surface area contributed by atoms with Gasteiger partial charge in [-0.15, -0.1) is 0 Å². The van der Waals surface area contributed by atoms with Crippen molar-refractivity contribution in [3.05, 3.63) is 42.7 Å². The van der Waals surface area contributed by atoms with E-state index < -0.39 is 0 Å². The predicted molar refractivity (Wildman–Crippen MR) is 72.4 cm³/mol. The topological polar surface area (TPSA) is 49.2 Å². The Bertz CT molecular complexity index is 470. The Hall–Kier alpha value is -1.94. The third kappa shape index (κ3) is 2.84. The molecular weight excluding hydrogens is 226 g/mol. The molecule has 0 aliphatic heterocycles. The lowest BCUT2D eigenvalue weighted by Gasteiger charge is -2.21. The van der Waals surface area contributed by atoms with Crippen molar-refractivity contribution in [3.63, 3.8) is 0 Å². The van der Waals surface area contributed by atoms with Gasteiger partial charge in [0.25, 0.3) is 0 Å². The van der Waals surface area contributed by atoms with Crippen LogP contribution in [-0.2, 0) is 0 Å². The Kier molecular flexibility index (Phi) is 4.25. The van der Waals surface area contributed by atoms with E-state index in [1.54, 1.807) is 12.4 Å². The van der Waals surface area contributed by atoms with E-state index in [1.807, 2.05) is 42.2 Å². The third-order valence-corrected chi connectivity index (χ3v) is 2.79. The van der Waals surface area contributed by atoms with Crippen LogP contribution in [0.1, 0.15) is 6.92 Å². The van der Waals surface area contributed by atoms with Crippen LogP contribution in [0, 0.1) is 0 Å². The van der Waals surface area contributed by atoms with E-state index in [0.29, 0.717) is 6.54 Å². The molecule has 0 aliphatic rings. The van der Waals surface area contributed by atoms with Gasteiger partial charge < -0.3 is 10.0 Å². The SMILES string of the molecule is CCN(CCO)c1cnc(-c2ccccc2)nc1. The largest absolute Gasteiger partial charge is 0.395 e. The molecule has 1 aromatic heterocycles. The molecule has 1 aromatic carbocycles. The number of hydrogen-bond acceptors (Lipinski definition) is 4. The van der Waals surface area contributed by atoms with Crippen molar-refractivity contribution < 1.29 is 5.11 Å². The fourth-order valence-electron chi connectivity index (χ4n) is 1.81. The first-order chi connectivity index (χ1) is 8.85. The molecule has 0 spiro atoms. The summed E-state index contributed by atoms with van der Waals surface area (Å²) in [6, 6.07) is 9.88. The normalized spacial score (nSPS) is 10.3.